The highest BCUT2D eigenvalue weighted by atomic mass is 35.5. The molecule has 3 aromatic rings. The van der Waals surface area contributed by atoms with Gasteiger partial charge in [0.25, 0.3) is 0 Å². The van der Waals surface area contributed by atoms with Crippen LogP contribution in [0.1, 0.15) is 23.1 Å². The number of aromatic amines is 1. The molecule has 0 amide bonds. The predicted molar refractivity (Wildman–Crippen MR) is 99.3 cm³/mol. The molecule has 1 heterocycles. The Morgan fingerprint density at radius 2 is 1.92 bits per heavy atom. The fraction of sp³-hybridized carbons (Fsp3) is 0.211. The molecule has 0 aliphatic rings. The molecule has 0 fully saturated rings. The Labute approximate surface area is 156 Å². The Kier molecular flexibility index (Phi) is 5.97. The Morgan fingerprint density at radius 1 is 1.12 bits per heavy atom. The van der Waals surface area contributed by atoms with Crippen molar-refractivity contribution in [3.05, 3.63) is 81.9 Å². The number of benzene rings is 2. The second kappa shape index (κ2) is 8.39. The average Bonchev–Trinajstić information content (AvgIpc) is 3.12. The Balaban J connectivity index is 1.66. The van der Waals surface area contributed by atoms with E-state index in [9.17, 15) is 0 Å². The summed E-state index contributed by atoms with van der Waals surface area (Å²) in [6.45, 7) is 2.14. The molecule has 0 saturated heterocycles. The normalized spacial score (nSPS) is 12.1. The summed E-state index contributed by atoms with van der Waals surface area (Å²) in [5, 5.41) is 1.21. The molecule has 1 atom stereocenters. The van der Waals surface area contributed by atoms with Gasteiger partial charge in [0.15, 0.2) is 6.79 Å². The summed E-state index contributed by atoms with van der Waals surface area (Å²) in [6, 6.07) is 13.2. The fourth-order valence-electron chi connectivity index (χ4n) is 2.39. The van der Waals surface area contributed by atoms with Crippen LogP contribution in [-0.4, -0.2) is 16.8 Å². The maximum absolute atomic E-state index is 6.28. The van der Waals surface area contributed by atoms with Crippen LogP contribution < -0.4 is 4.74 Å². The maximum Gasteiger partial charge on any atom is 0.189 e. The number of hydrogen-bond acceptors (Lipinski definition) is 3. The van der Waals surface area contributed by atoms with E-state index >= 15 is 0 Å². The number of hydrogen-bond donors (Lipinski definition) is 1. The Hall–Kier alpha value is -2.01. The largest absolute Gasteiger partial charge is 0.468 e. The van der Waals surface area contributed by atoms with Crippen molar-refractivity contribution < 1.29 is 9.47 Å². The van der Waals surface area contributed by atoms with Crippen LogP contribution in [0, 0.1) is 6.92 Å². The summed E-state index contributed by atoms with van der Waals surface area (Å²) in [6.07, 6.45) is 3.70. The number of rotatable bonds is 7. The van der Waals surface area contributed by atoms with E-state index in [0.717, 1.165) is 17.1 Å². The van der Waals surface area contributed by atoms with Crippen molar-refractivity contribution in [2.24, 2.45) is 0 Å². The third-order valence-corrected chi connectivity index (χ3v) is 4.35. The van der Waals surface area contributed by atoms with Crippen LogP contribution in [0.2, 0.25) is 10.0 Å². The van der Waals surface area contributed by atoms with Gasteiger partial charge < -0.3 is 14.5 Å². The average molecular weight is 377 g/mol. The molecule has 1 unspecified atom stereocenters. The fourth-order valence-corrected chi connectivity index (χ4v) is 2.88. The SMILES string of the molecule is Cc1ccc(OCOC(Cc2ccc(Cl)cc2Cl)c2ncc[nH]2)cc1. The summed E-state index contributed by atoms with van der Waals surface area (Å²) in [5.74, 6) is 1.48. The van der Waals surface area contributed by atoms with E-state index in [1.54, 1.807) is 18.5 Å². The summed E-state index contributed by atoms with van der Waals surface area (Å²) in [5.41, 5.74) is 2.11. The predicted octanol–water partition coefficient (Wildman–Crippen LogP) is 5.36. The van der Waals surface area contributed by atoms with Crippen LogP contribution in [0.5, 0.6) is 5.75 Å². The number of nitrogens with one attached hydrogen (secondary N) is 1. The lowest BCUT2D eigenvalue weighted by Gasteiger charge is -2.17. The van der Waals surface area contributed by atoms with Gasteiger partial charge in [-0.05, 0) is 36.8 Å². The molecule has 25 heavy (non-hydrogen) atoms. The van der Waals surface area contributed by atoms with Gasteiger partial charge in [0.2, 0.25) is 0 Å². The van der Waals surface area contributed by atoms with Crippen LogP contribution in [0.3, 0.4) is 0 Å². The first-order chi connectivity index (χ1) is 12.1. The van der Waals surface area contributed by atoms with Crippen molar-refractivity contribution in [2.45, 2.75) is 19.4 Å². The van der Waals surface area contributed by atoms with Crippen LogP contribution in [0.4, 0.5) is 0 Å². The van der Waals surface area contributed by atoms with Crippen molar-refractivity contribution in [2.75, 3.05) is 6.79 Å². The van der Waals surface area contributed by atoms with Crippen molar-refractivity contribution in [3.63, 3.8) is 0 Å². The zero-order valence-corrected chi connectivity index (χ0v) is 15.2. The quantitative estimate of drug-likeness (QED) is 0.564. The van der Waals surface area contributed by atoms with E-state index in [-0.39, 0.29) is 12.9 Å². The molecule has 1 N–H and O–H groups in total. The number of ether oxygens (including phenoxy) is 2. The third kappa shape index (κ3) is 4.98. The first-order valence-electron chi connectivity index (χ1n) is 7.86. The van der Waals surface area contributed by atoms with E-state index in [1.807, 2.05) is 43.3 Å². The zero-order valence-electron chi connectivity index (χ0n) is 13.7. The van der Waals surface area contributed by atoms with E-state index < -0.39 is 0 Å². The van der Waals surface area contributed by atoms with Crippen LogP contribution >= 0.6 is 23.2 Å². The number of aromatic nitrogens is 2. The second-order valence-electron chi connectivity index (χ2n) is 5.64. The lowest BCUT2D eigenvalue weighted by Crippen LogP contribution is -2.14. The van der Waals surface area contributed by atoms with E-state index in [2.05, 4.69) is 9.97 Å². The van der Waals surface area contributed by atoms with Gasteiger partial charge >= 0.3 is 0 Å². The van der Waals surface area contributed by atoms with Crippen LogP contribution in [-0.2, 0) is 11.2 Å². The van der Waals surface area contributed by atoms with E-state index in [1.165, 1.54) is 5.56 Å². The molecular formula is C19H18Cl2N2O2. The van der Waals surface area contributed by atoms with Crippen molar-refractivity contribution in [3.8, 4) is 5.75 Å². The van der Waals surface area contributed by atoms with E-state index in [4.69, 9.17) is 32.7 Å². The molecule has 0 bridgehead atoms. The van der Waals surface area contributed by atoms with E-state index in [0.29, 0.717) is 16.5 Å². The standard InChI is InChI=1S/C19H18Cl2N2O2/c1-13-2-6-16(7-3-13)24-12-25-18(19-22-8-9-23-19)10-14-4-5-15(20)11-17(14)21/h2-9,11,18H,10,12H2,1H3,(H,22,23). The Morgan fingerprint density at radius 3 is 2.60 bits per heavy atom. The molecule has 0 aliphatic carbocycles. The summed E-state index contributed by atoms with van der Waals surface area (Å²) in [7, 11) is 0. The first kappa shape index (κ1) is 17.8. The number of halogens is 2. The molecule has 3 rings (SSSR count). The van der Waals surface area contributed by atoms with Gasteiger partial charge in [-0.3, -0.25) is 0 Å². The minimum Gasteiger partial charge on any atom is -0.468 e. The molecular weight excluding hydrogens is 359 g/mol. The van der Waals surface area contributed by atoms with Gasteiger partial charge in [-0.15, -0.1) is 0 Å². The maximum atomic E-state index is 6.28. The van der Waals surface area contributed by atoms with Crippen LogP contribution in [0.15, 0.2) is 54.9 Å². The van der Waals surface area contributed by atoms with Gasteiger partial charge in [0.05, 0.1) is 0 Å². The van der Waals surface area contributed by atoms with Gasteiger partial charge in [0, 0.05) is 28.9 Å². The topological polar surface area (TPSA) is 47.1 Å². The smallest absolute Gasteiger partial charge is 0.189 e. The molecule has 4 nitrogen and oxygen atoms in total. The zero-order chi connectivity index (χ0) is 17.6. The monoisotopic (exact) mass is 376 g/mol. The summed E-state index contributed by atoms with van der Waals surface area (Å²) < 4.78 is 11.6. The van der Waals surface area contributed by atoms with Gasteiger partial charge in [-0.25, -0.2) is 4.98 Å². The molecule has 0 saturated carbocycles. The molecule has 0 spiro atoms. The summed E-state index contributed by atoms with van der Waals surface area (Å²) in [4.78, 5) is 7.38. The molecule has 6 heteroatoms. The molecule has 1 aromatic heterocycles. The van der Waals surface area contributed by atoms with Crippen molar-refractivity contribution >= 4 is 23.2 Å². The highest BCUT2D eigenvalue weighted by Gasteiger charge is 2.17. The number of nitrogens with zero attached hydrogens (tertiary/aromatic N) is 1. The van der Waals surface area contributed by atoms with Crippen molar-refractivity contribution in [1.29, 1.82) is 0 Å². The molecule has 0 aliphatic heterocycles. The summed E-state index contributed by atoms with van der Waals surface area (Å²) >= 11 is 12.2. The van der Waals surface area contributed by atoms with Crippen LogP contribution in [0.25, 0.3) is 0 Å². The number of aryl methyl sites for hydroxylation is 1. The first-order valence-corrected chi connectivity index (χ1v) is 8.61. The third-order valence-electron chi connectivity index (χ3n) is 3.76. The lowest BCUT2D eigenvalue weighted by atomic mass is 10.1. The minimum atomic E-state index is -0.306. The highest BCUT2D eigenvalue weighted by Crippen LogP contribution is 2.27. The second-order valence-corrected chi connectivity index (χ2v) is 6.49. The van der Waals surface area contributed by atoms with Crippen molar-refractivity contribution in [1.82, 2.24) is 9.97 Å². The Bertz CT molecular complexity index is 805. The molecule has 130 valence electrons. The molecule has 2 aromatic carbocycles. The van der Waals surface area contributed by atoms with Gasteiger partial charge in [-0.2, -0.15) is 0 Å². The lowest BCUT2D eigenvalue weighted by molar-refractivity contribution is -0.0406. The number of H-pyrrole nitrogens is 1. The highest BCUT2D eigenvalue weighted by molar-refractivity contribution is 6.35. The van der Waals surface area contributed by atoms with Gasteiger partial charge in [0.1, 0.15) is 17.7 Å². The number of imidazole rings is 1. The van der Waals surface area contributed by atoms with Gasteiger partial charge in [-0.1, -0.05) is 47.0 Å². The molecule has 0 radical (unpaired) electrons. The minimum absolute atomic E-state index is 0.111.